The van der Waals surface area contributed by atoms with Crippen LogP contribution in [0.4, 0.5) is 11.4 Å². The van der Waals surface area contributed by atoms with Gasteiger partial charge in [0.2, 0.25) is 5.91 Å². The smallest absolute Gasteiger partial charge is 0.257 e. The molecule has 27 heavy (non-hydrogen) atoms. The van der Waals surface area contributed by atoms with Crippen LogP contribution >= 0.6 is 0 Å². The third-order valence-corrected chi connectivity index (χ3v) is 5.98. The molecule has 2 aromatic rings. The molecular weight excluding hydrogens is 340 g/mol. The maximum Gasteiger partial charge on any atom is 0.257 e. The Labute approximate surface area is 158 Å². The lowest BCUT2D eigenvalue weighted by atomic mass is 9.76. The Kier molecular flexibility index (Phi) is 4.13. The van der Waals surface area contributed by atoms with Crippen LogP contribution < -0.4 is 10.6 Å². The number of fused-ring (bicyclic) bond motifs is 2. The molecule has 1 aromatic carbocycles. The molecule has 6 nitrogen and oxygen atoms in total. The van der Waals surface area contributed by atoms with E-state index < -0.39 is 5.41 Å². The summed E-state index contributed by atoms with van der Waals surface area (Å²) in [5.41, 5.74) is 2.75. The highest BCUT2D eigenvalue weighted by molar-refractivity contribution is 6.11. The molecule has 2 amide bonds. The number of aromatic nitrogens is 2. The second kappa shape index (κ2) is 6.37. The molecule has 3 N–H and O–H groups in total. The van der Waals surface area contributed by atoms with E-state index in [0.717, 1.165) is 24.2 Å². The number of hydrogen-bond acceptors (Lipinski definition) is 3. The molecule has 0 aliphatic heterocycles. The monoisotopic (exact) mass is 364 g/mol. The fourth-order valence-electron chi connectivity index (χ4n) is 4.33. The number of amides is 2. The van der Waals surface area contributed by atoms with Gasteiger partial charge >= 0.3 is 0 Å². The zero-order valence-corrected chi connectivity index (χ0v) is 15.8. The lowest BCUT2D eigenvalue weighted by Gasteiger charge is -2.30. The van der Waals surface area contributed by atoms with Gasteiger partial charge in [-0.25, -0.2) is 0 Å². The minimum absolute atomic E-state index is 0.0183. The van der Waals surface area contributed by atoms with Gasteiger partial charge in [-0.2, -0.15) is 5.10 Å². The molecule has 1 fully saturated rings. The van der Waals surface area contributed by atoms with Gasteiger partial charge in [-0.15, -0.1) is 0 Å². The van der Waals surface area contributed by atoms with Crippen molar-refractivity contribution in [2.24, 2.45) is 17.3 Å². The number of anilines is 2. The van der Waals surface area contributed by atoms with Crippen molar-refractivity contribution in [1.82, 2.24) is 10.2 Å². The summed E-state index contributed by atoms with van der Waals surface area (Å²) in [5, 5.41) is 12.9. The Bertz CT molecular complexity index is 926. The van der Waals surface area contributed by atoms with Crippen LogP contribution in [-0.2, 0) is 4.79 Å². The average molecular weight is 364 g/mol. The van der Waals surface area contributed by atoms with E-state index in [9.17, 15) is 9.59 Å². The Morgan fingerprint density at radius 1 is 1.19 bits per heavy atom. The molecule has 0 saturated heterocycles. The summed E-state index contributed by atoms with van der Waals surface area (Å²) in [6, 6.07) is 7.11. The predicted octanol–water partition coefficient (Wildman–Crippen LogP) is 3.82. The van der Waals surface area contributed by atoms with Gasteiger partial charge in [-0.3, -0.25) is 14.7 Å². The fourth-order valence-corrected chi connectivity index (χ4v) is 4.33. The first kappa shape index (κ1) is 17.5. The van der Waals surface area contributed by atoms with Crippen molar-refractivity contribution in [3.05, 3.63) is 53.4 Å². The van der Waals surface area contributed by atoms with Crippen molar-refractivity contribution < 1.29 is 9.59 Å². The van der Waals surface area contributed by atoms with Crippen molar-refractivity contribution in [3.8, 4) is 0 Å². The van der Waals surface area contributed by atoms with Gasteiger partial charge < -0.3 is 10.6 Å². The van der Waals surface area contributed by atoms with E-state index in [1.165, 1.54) is 0 Å². The van der Waals surface area contributed by atoms with Crippen LogP contribution in [0.3, 0.4) is 0 Å². The van der Waals surface area contributed by atoms with Gasteiger partial charge in [-0.1, -0.05) is 31.2 Å². The van der Waals surface area contributed by atoms with Crippen LogP contribution in [0.5, 0.6) is 0 Å². The predicted molar refractivity (Wildman–Crippen MR) is 105 cm³/mol. The minimum Gasteiger partial charge on any atom is -0.325 e. The number of nitrogens with zero attached hydrogens (tertiary/aromatic N) is 1. The van der Waals surface area contributed by atoms with Crippen LogP contribution in [0.2, 0.25) is 0 Å². The van der Waals surface area contributed by atoms with E-state index in [4.69, 9.17) is 0 Å². The van der Waals surface area contributed by atoms with Crippen molar-refractivity contribution in [3.63, 3.8) is 0 Å². The molecular formula is C21H24N4O2. The van der Waals surface area contributed by atoms with Crippen molar-refractivity contribution >= 4 is 23.2 Å². The van der Waals surface area contributed by atoms with Gasteiger partial charge in [0.05, 0.1) is 33.7 Å². The number of benzene rings is 1. The zero-order valence-electron chi connectivity index (χ0n) is 15.8. The maximum absolute atomic E-state index is 13.0. The van der Waals surface area contributed by atoms with E-state index in [1.807, 2.05) is 26.8 Å². The number of allylic oxidation sites excluding steroid dienone is 2. The third-order valence-electron chi connectivity index (χ3n) is 5.98. The topological polar surface area (TPSA) is 86.9 Å². The standard InChI is InChI=1S/C21H24N4O2/c1-12-18(13(2)25-24-12)23-19(26)16-6-4-5-7-17(16)22-20(27)21(3)11-14-8-9-15(21)10-14/h4-9,14-15H,10-11H2,1-3H3,(H,22,27)(H,23,26)(H,24,25)/t14-,15-,21+/m0/s1. The summed E-state index contributed by atoms with van der Waals surface area (Å²) in [4.78, 5) is 25.9. The Morgan fingerprint density at radius 2 is 1.96 bits per heavy atom. The molecule has 140 valence electrons. The highest BCUT2D eigenvalue weighted by Crippen LogP contribution is 2.52. The Morgan fingerprint density at radius 3 is 2.59 bits per heavy atom. The first-order chi connectivity index (χ1) is 12.9. The molecule has 3 atom stereocenters. The average Bonchev–Trinajstić information content (AvgIpc) is 3.33. The number of hydrogen-bond donors (Lipinski definition) is 3. The lowest BCUT2D eigenvalue weighted by molar-refractivity contribution is -0.126. The molecule has 6 heteroatoms. The highest BCUT2D eigenvalue weighted by Gasteiger charge is 2.50. The van der Waals surface area contributed by atoms with Gasteiger partial charge in [-0.05, 0) is 50.7 Å². The number of aromatic amines is 1. The zero-order chi connectivity index (χ0) is 19.2. The summed E-state index contributed by atoms with van der Waals surface area (Å²) in [6.45, 7) is 5.71. The van der Waals surface area contributed by atoms with E-state index in [-0.39, 0.29) is 17.7 Å². The quantitative estimate of drug-likeness (QED) is 0.721. The molecule has 1 saturated carbocycles. The molecule has 0 unspecified atom stereocenters. The second-order valence-electron chi connectivity index (χ2n) is 7.87. The van der Waals surface area contributed by atoms with Crippen molar-refractivity contribution in [2.75, 3.05) is 10.6 Å². The first-order valence-corrected chi connectivity index (χ1v) is 9.30. The number of para-hydroxylation sites is 1. The van der Waals surface area contributed by atoms with Gasteiger partial charge in [0.1, 0.15) is 0 Å². The number of carbonyl (C=O) groups is 2. The summed E-state index contributed by atoms with van der Waals surface area (Å²) in [6.07, 6.45) is 6.29. The number of aryl methyl sites for hydroxylation is 2. The summed E-state index contributed by atoms with van der Waals surface area (Å²) >= 11 is 0. The molecule has 0 radical (unpaired) electrons. The SMILES string of the molecule is Cc1n[nH]c(C)c1NC(=O)c1ccccc1NC(=O)[C@]1(C)C[C@H]2C=C[C@H]1C2. The molecule has 2 bridgehead atoms. The largest absolute Gasteiger partial charge is 0.325 e. The first-order valence-electron chi connectivity index (χ1n) is 9.30. The van der Waals surface area contributed by atoms with E-state index in [0.29, 0.717) is 22.9 Å². The van der Waals surface area contributed by atoms with Crippen LogP contribution in [0.15, 0.2) is 36.4 Å². The number of H-pyrrole nitrogens is 1. The maximum atomic E-state index is 13.0. The highest BCUT2D eigenvalue weighted by atomic mass is 16.2. The van der Waals surface area contributed by atoms with Crippen LogP contribution in [0.25, 0.3) is 0 Å². The Balaban J connectivity index is 1.56. The molecule has 1 heterocycles. The van der Waals surface area contributed by atoms with E-state index >= 15 is 0 Å². The molecule has 2 aliphatic rings. The Hall–Kier alpha value is -2.89. The summed E-state index contributed by atoms with van der Waals surface area (Å²) < 4.78 is 0. The van der Waals surface area contributed by atoms with Gasteiger partial charge in [0.25, 0.3) is 5.91 Å². The van der Waals surface area contributed by atoms with Crippen LogP contribution in [0.1, 0.15) is 41.5 Å². The minimum atomic E-state index is -0.416. The van der Waals surface area contributed by atoms with E-state index in [1.54, 1.807) is 18.2 Å². The third kappa shape index (κ3) is 2.95. The normalized spacial score (nSPS) is 25.6. The van der Waals surface area contributed by atoms with Crippen LogP contribution in [-0.4, -0.2) is 22.0 Å². The van der Waals surface area contributed by atoms with Crippen molar-refractivity contribution in [2.45, 2.75) is 33.6 Å². The van der Waals surface area contributed by atoms with E-state index in [2.05, 4.69) is 33.0 Å². The summed E-state index contributed by atoms with van der Waals surface area (Å²) in [7, 11) is 0. The summed E-state index contributed by atoms with van der Waals surface area (Å²) in [5.74, 6) is 0.489. The number of rotatable bonds is 4. The second-order valence-corrected chi connectivity index (χ2v) is 7.87. The van der Waals surface area contributed by atoms with Gasteiger partial charge in [0, 0.05) is 0 Å². The molecule has 2 aliphatic carbocycles. The molecule has 4 rings (SSSR count). The molecule has 1 aromatic heterocycles. The van der Waals surface area contributed by atoms with Gasteiger partial charge in [0.15, 0.2) is 0 Å². The van der Waals surface area contributed by atoms with Crippen molar-refractivity contribution in [1.29, 1.82) is 0 Å². The molecule has 0 spiro atoms. The number of carbonyl (C=O) groups excluding carboxylic acids is 2. The lowest BCUT2D eigenvalue weighted by Crippen LogP contribution is -2.37. The van der Waals surface area contributed by atoms with Crippen LogP contribution in [0, 0.1) is 31.1 Å². The number of nitrogens with one attached hydrogen (secondary N) is 3. The fraction of sp³-hybridized carbons (Fsp3) is 0.381.